The van der Waals surface area contributed by atoms with Crippen LogP contribution in [0.15, 0.2) is 36.5 Å². The highest BCUT2D eigenvalue weighted by Gasteiger charge is 2.21. The molecular formula is C19H29NO2. The summed E-state index contributed by atoms with van der Waals surface area (Å²) < 4.78 is 5.54. The molecule has 0 aliphatic carbocycles. The lowest BCUT2D eigenvalue weighted by Gasteiger charge is -2.19. The van der Waals surface area contributed by atoms with Gasteiger partial charge < -0.3 is 4.74 Å². The van der Waals surface area contributed by atoms with Crippen LogP contribution in [0.4, 0.5) is 0 Å². The fourth-order valence-electron chi connectivity index (χ4n) is 2.04. The number of carbonyl (C=O) groups is 1. The quantitative estimate of drug-likeness (QED) is 0.423. The Balaban J connectivity index is 4.76. The number of esters is 1. The van der Waals surface area contributed by atoms with Crippen molar-refractivity contribution >= 4 is 5.97 Å². The molecule has 0 aliphatic heterocycles. The molecule has 0 aromatic heterocycles. The molecule has 3 atom stereocenters. The topological polar surface area (TPSA) is 50.1 Å². The zero-order chi connectivity index (χ0) is 17.0. The van der Waals surface area contributed by atoms with E-state index in [0.717, 1.165) is 18.4 Å². The Bertz CT molecular complexity index is 443. The Morgan fingerprint density at radius 2 is 2.14 bits per heavy atom. The summed E-state index contributed by atoms with van der Waals surface area (Å²) in [7, 11) is 0. The van der Waals surface area contributed by atoms with Crippen molar-refractivity contribution in [2.45, 2.75) is 59.5 Å². The average molecular weight is 303 g/mol. The van der Waals surface area contributed by atoms with Gasteiger partial charge in [-0.1, -0.05) is 38.2 Å². The highest BCUT2D eigenvalue weighted by Crippen LogP contribution is 2.17. The first kappa shape index (κ1) is 20.2. The van der Waals surface area contributed by atoms with Gasteiger partial charge >= 0.3 is 5.97 Å². The van der Waals surface area contributed by atoms with Crippen molar-refractivity contribution in [1.29, 1.82) is 5.26 Å². The second-order valence-electron chi connectivity index (χ2n) is 5.57. The van der Waals surface area contributed by atoms with Crippen molar-refractivity contribution in [3.05, 3.63) is 36.5 Å². The summed E-state index contributed by atoms with van der Waals surface area (Å²) in [5.41, 5.74) is 0.946. The fourth-order valence-corrected chi connectivity index (χ4v) is 2.04. The van der Waals surface area contributed by atoms with Crippen molar-refractivity contribution < 1.29 is 9.53 Å². The molecule has 3 nitrogen and oxygen atoms in total. The highest BCUT2D eigenvalue weighted by atomic mass is 16.5. The molecule has 0 radical (unpaired) electrons. The Morgan fingerprint density at radius 3 is 2.64 bits per heavy atom. The lowest BCUT2D eigenvalue weighted by Crippen LogP contribution is -2.24. The van der Waals surface area contributed by atoms with Crippen LogP contribution in [0.2, 0.25) is 0 Å². The van der Waals surface area contributed by atoms with Gasteiger partial charge in [0.2, 0.25) is 0 Å². The third kappa shape index (κ3) is 7.83. The van der Waals surface area contributed by atoms with E-state index >= 15 is 0 Å². The number of nitrogens with zero attached hydrogens (tertiary/aromatic N) is 1. The number of rotatable bonds is 10. The third-order valence-corrected chi connectivity index (χ3v) is 3.70. The largest absolute Gasteiger partial charge is 0.456 e. The molecule has 0 spiro atoms. The van der Waals surface area contributed by atoms with E-state index in [0.29, 0.717) is 12.3 Å². The maximum Gasteiger partial charge on any atom is 0.313 e. The monoisotopic (exact) mass is 303 g/mol. The second-order valence-corrected chi connectivity index (χ2v) is 5.57. The van der Waals surface area contributed by atoms with Crippen molar-refractivity contribution in [1.82, 2.24) is 0 Å². The van der Waals surface area contributed by atoms with Crippen molar-refractivity contribution in [2.24, 2.45) is 11.8 Å². The van der Waals surface area contributed by atoms with E-state index in [9.17, 15) is 4.79 Å². The molecule has 0 aromatic carbocycles. The molecular weight excluding hydrogens is 274 g/mol. The van der Waals surface area contributed by atoms with Crippen LogP contribution >= 0.6 is 0 Å². The predicted octanol–water partition coefficient (Wildman–Crippen LogP) is 4.96. The molecule has 0 rings (SSSR count). The molecule has 0 amide bonds. The van der Waals surface area contributed by atoms with E-state index < -0.39 is 6.10 Å². The summed E-state index contributed by atoms with van der Waals surface area (Å²) >= 11 is 0. The zero-order valence-electron chi connectivity index (χ0n) is 14.3. The van der Waals surface area contributed by atoms with Gasteiger partial charge in [0, 0.05) is 0 Å². The predicted molar refractivity (Wildman–Crippen MR) is 91.1 cm³/mol. The zero-order valence-corrected chi connectivity index (χ0v) is 14.3. The van der Waals surface area contributed by atoms with Crippen LogP contribution in [0.5, 0.6) is 0 Å². The van der Waals surface area contributed by atoms with Crippen LogP contribution in [0, 0.1) is 23.2 Å². The molecule has 3 heteroatoms. The van der Waals surface area contributed by atoms with Crippen LogP contribution in [0.3, 0.4) is 0 Å². The van der Waals surface area contributed by atoms with Gasteiger partial charge in [0.05, 0.1) is 18.4 Å². The van der Waals surface area contributed by atoms with Gasteiger partial charge in [-0.3, -0.25) is 4.79 Å². The van der Waals surface area contributed by atoms with Crippen LogP contribution in [-0.4, -0.2) is 12.1 Å². The van der Waals surface area contributed by atoms with Gasteiger partial charge in [0.25, 0.3) is 0 Å². The highest BCUT2D eigenvalue weighted by molar-refractivity contribution is 5.74. The van der Waals surface area contributed by atoms with Gasteiger partial charge in [-0.25, -0.2) is 0 Å². The minimum atomic E-state index is -0.448. The Labute approximate surface area is 135 Å². The van der Waals surface area contributed by atoms with Crippen molar-refractivity contribution in [3.63, 3.8) is 0 Å². The van der Waals surface area contributed by atoms with E-state index in [-0.39, 0.29) is 18.3 Å². The molecule has 0 aliphatic rings. The van der Waals surface area contributed by atoms with E-state index in [2.05, 4.69) is 25.6 Å². The molecule has 0 heterocycles. The summed E-state index contributed by atoms with van der Waals surface area (Å²) in [5, 5.41) is 8.95. The molecule has 0 aromatic rings. The molecule has 0 N–H and O–H groups in total. The summed E-state index contributed by atoms with van der Waals surface area (Å²) in [5.74, 6) is -0.0342. The lowest BCUT2D eigenvalue weighted by molar-refractivity contribution is -0.150. The maximum absolute atomic E-state index is 12.2. The van der Waals surface area contributed by atoms with Gasteiger partial charge in [-0.15, -0.1) is 6.58 Å². The van der Waals surface area contributed by atoms with Crippen molar-refractivity contribution in [3.8, 4) is 6.07 Å². The maximum atomic E-state index is 12.2. The number of ether oxygens (including phenoxy) is 1. The number of nitriles is 1. The Hall–Kier alpha value is -1.82. The molecule has 0 fully saturated rings. The first-order valence-electron chi connectivity index (χ1n) is 7.99. The minimum Gasteiger partial charge on any atom is -0.456 e. The standard InChI is InChI=1S/C19H29NO2/c1-6-10-17(8-3)19(21)22-18(13-14-20)16(5)12-9-11-15(4)7-2/h6-7,10,12,15,17-18H,2,8-9,11,13H2,1,3-5H3/b10-6+,16-12+/t15-,17+,18-/m0/s1. The van der Waals surface area contributed by atoms with Crippen molar-refractivity contribution in [2.75, 3.05) is 0 Å². The van der Waals surface area contributed by atoms with E-state index in [1.807, 2.05) is 39.0 Å². The van der Waals surface area contributed by atoms with E-state index in [1.54, 1.807) is 0 Å². The van der Waals surface area contributed by atoms with Gasteiger partial charge in [0.1, 0.15) is 6.10 Å². The first-order valence-corrected chi connectivity index (χ1v) is 7.99. The smallest absolute Gasteiger partial charge is 0.313 e. The number of hydrogen-bond donors (Lipinski definition) is 0. The number of carbonyl (C=O) groups excluding carboxylic acids is 1. The van der Waals surface area contributed by atoms with E-state index in [1.165, 1.54) is 0 Å². The Morgan fingerprint density at radius 1 is 1.45 bits per heavy atom. The first-order chi connectivity index (χ1) is 10.5. The van der Waals surface area contributed by atoms with Crippen LogP contribution in [-0.2, 0) is 9.53 Å². The lowest BCUT2D eigenvalue weighted by atomic mass is 10.0. The van der Waals surface area contributed by atoms with Crippen LogP contribution < -0.4 is 0 Å². The van der Waals surface area contributed by atoms with Gasteiger partial charge in [0.15, 0.2) is 0 Å². The summed E-state index contributed by atoms with van der Waals surface area (Å²) in [6.07, 6.45) is 10.0. The normalized spacial score (nSPS) is 15.9. The number of hydrogen-bond acceptors (Lipinski definition) is 3. The van der Waals surface area contributed by atoms with Crippen LogP contribution in [0.25, 0.3) is 0 Å². The summed E-state index contributed by atoms with van der Waals surface area (Å²) in [6.45, 7) is 11.6. The fraction of sp³-hybridized carbons (Fsp3) is 0.579. The molecule has 22 heavy (non-hydrogen) atoms. The second kappa shape index (κ2) is 11.8. The summed E-state index contributed by atoms with van der Waals surface area (Å²) in [6, 6.07) is 2.10. The molecule has 0 unspecified atom stereocenters. The van der Waals surface area contributed by atoms with Gasteiger partial charge in [-0.05, 0) is 44.6 Å². The number of allylic oxidation sites excluding steroid dienone is 3. The Kier molecular flexibility index (Phi) is 10.8. The van der Waals surface area contributed by atoms with E-state index in [4.69, 9.17) is 10.00 Å². The molecule has 0 bridgehead atoms. The van der Waals surface area contributed by atoms with Gasteiger partial charge in [-0.2, -0.15) is 5.26 Å². The SMILES string of the molecule is C=C[C@H](C)CC/C=C(\C)[C@H](CC#N)OC(=O)[C@@H](/C=C/C)CC. The molecule has 122 valence electrons. The summed E-state index contributed by atoms with van der Waals surface area (Å²) in [4.78, 5) is 12.2. The molecule has 0 saturated heterocycles. The minimum absolute atomic E-state index is 0.192. The molecule has 0 saturated carbocycles. The third-order valence-electron chi connectivity index (χ3n) is 3.70. The average Bonchev–Trinajstić information content (AvgIpc) is 2.51. The van der Waals surface area contributed by atoms with Crippen LogP contribution in [0.1, 0.15) is 53.4 Å².